The summed E-state index contributed by atoms with van der Waals surface area (Å²) in [5.41, 5.74) is 8.00. The fourth-order valence-electron chi connectivity index (χ4n) is 3.22. The van der Waals surface area contributed by atoms with Gasteiger partial charge in [0.2, 0.25) is 0 Å². The Morgan fingerprint density at radius 3 is 2.77 bits per heavy atom. The van der Waals surface area contributed by atoms with Gasteiger partial charge in [0.05, 0.1) is 6.10 Å². The summed E-state index contributed by atoms with van der Waals surface area (Å²) < 4.78 is 6.17. The second-order valence-corrected chi connectivity index (χ2v) is 7.34. The van der Waals surface area contributed by atoms with Crippen LogP contribution in [-0.4, -0.2) is 22.0 Å². The molecule has 1 heterocycles. The molecule has 6 nitrogen and oxygen atoms in total. The third-order valence-electron chi connectivity index (χ3n) is 4.82. The van der Waals surface area contributed by atoms with E-state index in [1.54, 1.807) is 0 Å². The van der Waals surface area contributed by atoms with Gasteiger partial charge in [0.1, 0.15) is 17.3 Å². The number of amides is 1. The number of ether oxygens (including phenoxy) is 1. The largest absolute Gasteiger partial charge is 0.490 e. The van der Waals surface area contributed by atoms with Crippen LogP contribution in [-0.2, 0) is 6.54 Å². The standard InChI is InChI=1S/C20H28N4O2/c1-12(2)19-23-17(18(21)25)20(24-19)22-11-14-9-8-13(3)16(10-14)26-15-6-4-5-7-15/h8-10,12,15,22H,4-7,11H2,1-3H3,(H2,21,25)(H,23,24). The Balaban J connectivity index is 1.72. The number of nitrogens with zero attached hydrogens (tertiary/aromatic N) is 1. The van der Waals surface area contributed by atoms with Gasteiger partial charge in [-0.1, -0.05) is 26.0 Å². The van der Waals surface area contributed by atoms with E-state index in [-0.39, 0.29) is 5.92 Å². The summed E-state index contributed by atoms with van der Waals surface area (Å²) >= 11 is 0. The Kier molecular flexibility index (Phi) is 5.49. The third-order valence-corrected chi connectivity index (χ3v) is 4.82. The Morgan fingerprint density at radius 2 is 2.12 bits per heavy atom. The first-order valence-corrected chi connectivity index (χ1v) is 9.33. The molecule has 140 valence electrons. The highest BCUT2D eigenvalue weighted by Crippen LogP contribution is 2.27. The topological polar surface area (TPSA) is 93.0 Å². The lowest BCUT2D eigenvalue weighted by Crippen LogP contribution is -2.15. The van der Waals surface area contributed by atoms with E-state index < -0.39 is 5.91 Å². The molecule has 0 saturated heterocycles. The number of rotatable bonds is 7. The van der Waals surface area contributed by atoms with Crippen LogP contribution in [0.2, 0.25) is 0 Å². The number of carbonyl (C=O) groups is 1. The quantitative estimate of drug-likeness (QED) is 0.702. The average molecular weight is 356 g/mol. The molecule has 1 aromatic carbocycles. The summed E-state index contributed by atoms with van der Waals surface area (Å²) in [6, 6.07) is 6.20. The maximum atomic E-state index is 11.7. The van der Waals surface area contributed by atoms with E-state index in [1.807, 2.05) is 13.8 Å². The number of imidazole rings is 1. The van der Waals surface area contributed by atoms with E-state index >= 15 is 0 Å². The van der Waals surface area contributed by atoms with E-state index in [1.165, 1.54) is 12.8 Å². The number of hydrogen-bond acceptors (Lipinski definition) is 4. The number of anilines is 1. The Labute approximate surface area is 154 Å². The van der Waals surface area contributed by atoms with Gasteiger partial charge in [-0.2, -0.15) is 0 Å². The minimum atomic E-state index is -0.513. The molecular weight excluding hydrogens is 328 g/mol. The van der Waals surface area contributed by atoms with Crippen LogP contribution < -0.4 is 15.8 Å². The van der Waals surface area contributed by atoms with Crippen LogP contribution in [0.3, 0.4) is 0 Å². The number of nitrogens with two attached hydrogens (primary N) is 1. The molecule has 0 radical (unpaired) electrons. The van der Waals surface area contributed by atoms with Crippen LogP contribution in [0.25, 0.3) is 0 Å². The van der Waals surface area contributed by atoms with E-state index in [9.17, 15) is 4.79 Å². The SMILES string of the molecule is Cc1ccc(CNc2nc(C(C)C)[nH]c2C(N)=O)cc1OC1CCCC1. The number of aryl methyl sites for hydroxylation is 1. The first-order chi connectivity index (χ1) is 12.4. The maximum Gasteiger partial charge on any atom is 0.269 e. The summed E-state index contributed by atoms with van der Waals surface area (Å²) in [5.74, 6) is 1.86. The van der Waals surface area contributed by atoms with Crippen molar-refractivity contribution in [2.75, 3.05) is 5.32 Å². The van der Waals surface area contributed by atoms with Gasteiger partial charge < -0.3 is 20.8 Å². The monoisotopic (exact) mass is 356 g/mol. The molecule has 0 unspecified atom stereocenters. The minimum Gasteiger partial charge on any atom is -0.490 e. The lowest BCUT2D eigenvalue weighted by Gasteiger charge is -2.16. The van der Waals surface area contributed by atoms with Crippen molar-refractivity contribution in [3.05, 3.63) is 40.8 Å². The number of benzene rings is 1. The van der Waals surface area contributed by atoms with Gasteiger partial charge in [-0.05, 0) is 49.8 Å². The molecule has 3 rings (SSSR count). The van der Waals surface area contributed by atoms with Crippen molar-refractivity contribution in [1.29, 1.82) is 0 Å². The van der Waals surface area contributed by atoms with Crippen molar-refractivity contribution in [2.24, 2.45) is 5.73 Å². The van der Waals surface area contributed by atoms with Crippen molar-refractivity contribution in [1.82, 2.24) is 9.97 Å². The number of nitrogens with one attached hydrogen (secondary N) is 2. The summed E-state index contributed by atoms with van der Waals surface area (Å²) in [7, 11) is 0. The van der Waals surface area contributed by atoms with Gasteiger partial charge >= 0.3 is 0 Å². The molecule has 1 aliphatic carbocycles. The Hall–Kier alpha value is -2.50. The molecule has 4 N–H and O–H groups in total. The predicted molar refractivity (Wildman–Crippen MR) is 103 cm³/mol. The normalized spacial score (nSPS) is 14.8. The van der Waals surface area contributed by atoms with Crippen LogP contribution in [0.15, 0.2) is 18.2 Å². The molecule has 2 aromatic rings. The van der Waals surface area contributed by atoms with Crippen LogP contribution >= 0.6 is 0 Å². The predicted octanol–water partition coefficient (Wildman–Crippen LogP) is 3.87. The third kappa shape index (κ3) is 4.18. The number of primary amides is 1. The molecule has 1 amide bonds. The van der Waals surface area contributed by atoms with Crippen LogP contribution in [0, 0.1) is 6.92 Å². The van der Waals surface area contributed by atoms with E-state index in [4.69, 9.17) is 10.5 Å². The van der Waals surface area contributed by atoms with Gasteiger partial charge in [-0.3, -0.25) is 4.79 Å². The summed E-state index contributed by atoms with van der Waals surface area (Å²) in [6.45, 7) is 6.64. The minimum absolute atomic E-state index is 0.189. The number of carbonyl (C=O) groups excluding carboxylic acids is 1. The first-order valence-electron chi connectivity index (χ1n) is 9.33. The smallest absolute Gasteiger partial charge is 0.269 e. The van der Waals surface area contributed by atoms with Crippen LogP contribution in [0.5, 0.6) is 5.75 Å². The highest BCUT2D eigenvalue weighted by atomic mass is 16.5. The molecule has 1 fully saturated rings. The fourth-order valence-corrected chi connectivity index (χ4v) is 3.22. The summed E-state index contributed by atoms with van der Waals surface area (Å²) in [5, 5.41) is 3.23. The second kappa shape index (κ2) is 7.81. The lowest BCUT2D eigenvalue weighted by atomic mass is 10.1. The van der Waals surface area contributed by atoms with Crippen molar-refractivity contribution in [3.63, 3.8) is 0 Å². The fraction of sp³-hybridized carbons (Fsp3) is 0.500. The highest BCUT2D eigenvalue weighted by Gasteiger charge is 2.18. The van der Waals surface area contributed by atoms with E-state index in [0.29, 0.717) is 24.2 Å². The van der Waals surface area contributed by atoms with Crippen molar-refractivity contribution in [3.8, 4) is 5.75 Å². The molecule has 0 spiro atoms. The summed E-state index contributed by atoms with van der Waals surface area (Å²) in [6.07, 6.45) is 5.10. The molecule has 0 bridgehead atoms. The average Bonchev–Trinajstić information content (AvgIpc) is 3.25. The number of aromatic nitrogens is 2. The molecule has 6 heteroatoms. The maximum absolute atomic E-state index is 11.7. The molecule has 1 saturated carbocycles. The van der Waals surface area contributed by atoms with Crippen molar-refractivity contribution in [2.45, 2.75) is 65.0 Å². The molecule has 0 atom stereocenters. The lowest BCUT2D eigenvalue weighted by molar-refractivity contribution is 0.0996. The Bertz CT molecular complexity index is 776. The van der Waals surface area contributed by atoms with Crippen molar-refractivity contribution < 1.29 is 9.53 Å². The van der Waals surface area contributed by atoms with Crippen molar-refractivity contribution >= 4 is 11.7 Å². The zero-order valence-corrected chi connectivity index (χ0v) is 15.8. The number of H-pyrrole nitrogens is 1. The zero-order chi connectivity index (χ0) is 18.7. The summed E-state index contributed by atoms with van der Waals surface area (Å²) in [4.78, 5) is 19.1. The first kappa shape index (κ1) is 18.3. The second-order valence-electron chi connectivity index (χ2n) is 7.34. The number of hydrogen-bond donors (Lipinski definition) is 3. The van der Waals surface area contributed by atoms with Crippen LogP contribution in [0.1, 0.15) is 72.9 Å². The van der Waals surface area contributed by atoms with Gasteiger partial charge in [0.15, 0.2) is 5.82 Å². The van der Waals surface area contributed by atoms with Gasteiger partial charge in [-0.15, -0.1) is 0 Å². The molecule has 1 aromatic heterocycles. The molecular formula is C20H28N4O2. The van der Waals surface area contributed by atoms with Gasteiger partial charge in [0.25, 0.3) is 5.91 Å². The van der Waals surface area contributed by atoms with E-state index in [2.05, 4.69) is 40.4 Å². The molecule has 26 heavy (non-hydrogen) atoms. The molecule has 0 aliphatic heterocycles. The van der Waals surface area contributed by atoms with Gasteiger partial charge in [-0.25, -0.2) is 4.98 Å². The van der Waals surface area contributed by atoms with E-state index in [0.717, 1.165) is 35.5 Å². The van der Waals surface area contributed by atoms with Gasteiger partial charge in [0, 0.05) is 12.5 Å². The zero-order valence-electron chi connectivity index (χ0n) is 15.8. The molecule has 1 aliphatic rings. The highest BCUT2D eigenvalue weighted by molar-refractivity contribution is 5.95. The van der Waals surface area contributed by atoms with Crippen LogP contribution in [0.4, 0.5) is 5.82 Å². The number of aromatic amines is 1. The Morgan fingerprint density at radius 1 is 1.38 bits per heavy atom.